The third-order valence-corrected chi connectivity index (χ3v) is 1.56. The second-order valence-corrected chi connectivity index (χ2v) is 3.28. The van der Waals surface area contributed by atoms with E-state index in [1.165, 1.54) is 6.08 Å². The molecule has 1 heterocycles. The molecule has 14 heavy (non-hydrogen) atoms. The minimum Gasteiger partial charge on any atom is -0.350 e. The summed E-state index contributed by atoms with van der Waals surface area (Å²) in [5.74, 6) is -0.0724. The van der Waals surface area contributed by atoms with Crippen molar-refractivity contribution in [2.75, 3.05) is 0 Å². The van der Waals surface area contributed by atoms with Gasteiger partial charge in [-0.1, -0.05) is 0 Å². The summed E-state index contributed by atoms with van der Waals surface area (Å²) in [5, 5.41) is 2.77. The van der Waals surface area contributed by atoms with Crippen LogP contribution in [0.3, 0.4) is 0 Å². The van der Waals surface area contributed by atoms with Crippen LogP contribution in [0, 0.1) is 0 Å². The number of nitrogens with zero attached hydrogens (tertiary/aromatic N) is 1. The van der Waals surface area contributed by atoms with E-state index in [1.54, 1.807) is 18.5 Å². The number of rotatable bonds is 3. The smallest absolute Gasteiger partial charge is 0.244 e. The van der Waals surface area contributed by atoms with Crippen molar-refractivity contribution in [2.45, 2.75) is 19.9 Å². The van der Waals surface area contributed by atoms with Gasteiger partial charge in [0.2, 0.25) is 5.91 Å². The highest BCUT2D eigenvalue weighted by molar-refractivity contribution is 5.91. The van der Waals surface area contributed by atoms with Crippen molar-refractivity contribution in [2.24, 2.45) is 0 Å². The van der Waals surface area contributed by atoms with Crippen molar-refractivity contribution in [3.8, 4) is 0 Å². The van der Waals surface area contributed by atoms with Crippen LogP contribution in [-0.2, 0) is 4.79 Å². The van der Waals surface area contributed by atoms with Crippen molar-refractivity contribution < 1.29 is 6.22 Å². The zero-order chi connectivity index (χ0) is 10.4. The summed E-state index contributed by atoms with van der Waals surface area (Å²) in [6.07, 6.45) is 6.68. The lowest BCUT2D eigenvalue weighted by Crippen LogP contribution is -2.28. The average Bonchev–Trinajstić information content (AvgIpc) is 2.15. The predicted octanol–water partition coefficient (Wildman–Crippen LogP) is 1.87. The van der Waals surface area contributed by atoms with Crippen molar-refractivity contribution >= 4 is 12.0 Å². The maximum Gasteiger partial charge on any atom is 0.244 e. The second kappa shape index (κ2) is 5.17. The second-order valence-electron chi connectivity index (χ2n) is 3.28. The number of carbonyl (C=O) groups is 1. The number of amides is 1. The maximum atomic E-state index is 11.2. The van der Waals surface area contributed by atoms with Gasteiger partial charge in [0.15, 0.2) is 0 Å². The number of pyridine rings is 1. The molecule has 1 aromatic rings. The standard InChI is InChI=1S/C11H14N2O.H2/c1-9(2)13-11(14)4-3-10-5-7-12-8-6-10;/h3-9H,1-2H3,(H,13,14);1H/b4-3+;. The summed E-state index contributed by atoms with van der Waals surface area (Å²) in [7, 11) is 0. The van der Waals surface area contributed by atoms with Gasteiger partial charge in [0.1, 0.15) is 0 Å². The zero-order valence-electron chi connectivity index (χ0n) is 8.40. The van der Waals surface area contributed by atoms with Crippen LogP contribution in [0.25, 0.3) is 6.08 Å². The molecule has 0 saturated heterocycles. The highest BCUT2D eigenvalue weighted by atomic mass is 16.1. The zero-order valence-corrected chi connectivity index (χ0v) is 8.40. The largest absolute Gasteiger partial charge is 0.350 e. The quantitative estimate of drug-likeness (QED) is 0.743. The van der Waals surface area contributed by atoms with Gasteiger partial charge >= 0.3 is 0 Å². The van der Waals surface area contributed by atoms with Gasteiger partial charge in [-0.25, -0.2) is 0 Å². The molecule has 76 valence electrons. The van der Waals surface area contributed by atoms with Crippen LogP contribution in [0.5, 0.6) is 0 Å². The van der Waals surface area contributed by atoms with E-state index in [4.69, 9.17) is 0 Å². The molecule has 1 aromatic heterocycles. The highest BCUT2D eigenvalue weighted by Crippen LogP contribution is 1.98. The molecule has 1 rings (SSSR count). The molecule has 0 aliphatic carbocycles. The van der Waals surface area contributed by atoms with Crippen molar-refractivity contribution in [1.29, 1.82) is 0 Å². The Bertz CT molecular complexity index is 323. The third-order valence-electron chi connectivity index (χ3n) is 1.56. The first kappa shape index (κ1) is 10.4. The summed E-state index contributed by atoms with van der Waals surface area (Å²) < 4.78 is 0. The van der Waals surface area contributed by atoms with E-state index in [2.05, 4.69) is 10.3 Å². The number of hydrogen-bond acceptors (Lipinski definition) is 2. The van der Waals surface area contributed by atoms with E-state index in [9.17, 15) is 4.79 Å². The topological polar surface area (TPSA) is 42.0 Å². The van der Waals surface area contributed by atoms with E-state index >= 15 is 0 Å². The van der Waals surface area contributed by atoms with Crippen molar-refractivity contribution in [3.63, 3.8) is 0 Å². The first-order valence-electron chi connectivity index (χ1n) is 4.57. The van der Waals surface area contributed by atoms with Gasteiger partial charge in [-0.3, -0.25) is 9.78 Å². The van der Waals surface area contributed by atoms with Crippen LogP contribution in [-0.4, -0.2) is 16.9 Å². The molecular formula is C11H16N2O. The Balaban J connectivity index is 0.00000196. The summed E-state index contributed by atoms with van der Waals surface area (Å²) in [6, 6.07) is 3.86. The van der Waals surface area contributed by atoms with E-state index in [-0.39, 0.29) is 13.4 Å². The summed E-state index contributed by atoms with van der Waals surface area (Å²) in [6.45, 7) is 3.86. The van der Waals surface area contributed by atoms with Crippen molar-refractivity contribution in [3.05, 3.63) is 36.2 Å². The minimum atomic E-state index is -0.0724. The molecule has 1 amide bonds. The fraction of sp³-hybridized carbons (Fsp3) is 0.273. The molecule has 1 N–H and O–H groups in total. The van der Waals surface area contributed by atoms with Crippen LogP contribution in [0.15, 0.2) is 30.6 Å². The van der Waals surface area contributed by atoms with Gasteiger partial charge in [-0.2, -0.15) is 0 Å². The molecule has 0 unspecified atom stereocenters. The molecule has 0 aliphatic heterocycles. The SMILES string of the molecule is CC(C)NC(=O)/C=C/c1ccncc1.[HH]. The van der Waals surface area contributed by atoms with E-state index in [1.807, 2.05) is 26.0 Å². The Morgan fingerprint density at radius 1 is 1.50 bits per heavy atom. The number of aromatic nitrogens is 1. The van der Waals surface area contributed by atoms with E-state index < -0.39 is 0 Å². The van der Waals surface area contributed by atoms with Gasteiger partial charge in [0, 0.05) is 25.9 Å². The molecular weight excluding hydrogens is 176 g/mol. The van der Waals surface area contributed by atoms with Crippen molar-refractivity contribution in [1.82, 2.24) is 10.3 Å². The monoisotopic (exact) mass is 192 g/mol. The van der Waals surface area contributed by atoms with Gasteiger partial charge < -0.3 is 5.32 Å². The predicted molar refractivity (Wildman–Crippen MR) is 58.7 cm³/mol. The average molecular weight is 192 g/mol. The van der Waals surface area contributed by atoms with Gasteiger partial charge in [0.05, 0.1) is 0 Å². The van der Waals surface area contributed by atoms with Gasteiger partial charge in [-0.05, 0) is 37.6 Å². The lowest BCUT2D eigenvalue weighted by atomic mass is 10.2. The Morgan fingerprint density at radius 3 is 2.71 bits per heavy atom. The fourth-order valence-electron chi connectivity index (χ4n) is 0.979. The minimum absolute atomic E-state index is 0. The van der Waals surface area contributed by atoms with Crippen LogP contribution in [0.1, 0.15) is 20.8 Å². The molecule has 0 atom stereocenters. The number of hydrogen-bond donors (Lipinski definition) is 1. The summed E-state index contributed by atoms with van der Waals surface area (Å²) in [5.41, 5.74) is 0.971. The number of nitrogens with one attached hydrogen (secondary N) is 1. The van der Waals surface area contributed by atoms with Gasteiger partial charge in [-0.15, -0.1) is 0 Å². The Kier molecular flexibility index (Phi) is 3.85. The van der Waals surface area contributed by atoms with Crippen LogP contribution >= 0.6 is 0 Å². The Labute approximate surface area is 85.3 Å². The molecule has 0 saturated carbocycles. The summed E-state index contributed by atoms with van der Waals surface area (Å²) in [4.78, 5) is 15.1. The molecule has 3 heteroatoms. The molecule has 3 nitrogen and oxygen atoms in total. The van der Waals surface area contributed by atoms with Crippen LogP contribution < -0.4 is 5.32 Å². The maximum absolute atomic E-state index is 11.2. The van der Waals surface area contributed by atoms with Gasteiger partial charge in [0.25, 0.3) is 0 Å². The number of carbonyl (C=O) groups excluding carboxylic acids is 1. The van der Waals surface area contributed by atoms with Crippen LogP contribution in [0.2, 0.25) is 0 Å². The Morgan fingerprint density at radius 2 is 2.14 bits per heavy atom. The third kappa shape index (κ3) is 3.85. The first-order chi connectivity index (χ1) is 6.68. The van der Waals surface area contributed by atoms with E-state index in [0.717, 1.165) is 5.56 Å². The van der Waals surface area contributed by atoms with E-state index in [0.29, 0.717) is 0 Å². The normalized spacial score (nSPS) is 10.8. The highest BCUT2D eigenvalue weighted by Gasteiger charge is 1.96. The molecule has 0 radical (unpaired) electrons. The lowest BCUT2D eigenvalue weighted by Gasteiger charge is -2.03. The van der Waals surface area contributed by atoms with Crippen LogP contribution in [0.4, 0.5) is 0 Å². The Hall–Kier alpha value is -1.64. The molecule has 0 spiro atoms. The molecule has 0 bridgehead atoms. The summed E-state index contributed by atoms with van der Waals surface area (Å²) >= 11 is 0. The molecule has 0 fully saturated rings. The molecule has 0 aliphatic rings. The molecule has 0 aromatic carbocycles. The lowest BCUT2D eigenvalue weighted by molar-refractivity contribution is -0.116. The first-order valence-corrected chi connectivity index (χ1v) is 4.57. The fourth-order valence-corrected chi connectivity index (χ4v) is 0.979.